The van der Waals surface area contributed by atoms with Gasteiger partial charge >= 0.3 is 0 Å². The van der Waals surface area contributed by atoms with E-state index in [4.69, 9.17) is 4.74 Å². The van der Waals surface area contributed by atoms with Gasteiger partial charge in [-0.05, 0) is 26.0 Å². The summed E-state index contributed by atoms with van der Waals surface area (Å²) in [6, 6.07) is 6.37. The molecular formula is C17H21FN2O3. The molecule has 0 saturated carbocycles. The molecule has 0 bridgehead atoms. The lowest BCUT2D eigenvalue weighted by Crippen LogP contribution is -2.57. The van der Waals surface area contributed by atoms with Crippen LogP contribution >= 0.6 is 0 Å². The molecule has 0 spiro atoms. The van der Waals surface area contributed by atoms with Gasteiger partial charge in [-0.1, -0.05) is 12.1 Å². The first-order chi connectivity index (χ1) is 11.0. The van der Waals surface area contributed by atoms with Crippen molar-refractivity contribution in [2.75, 3.05) is 19.6 Å². The second-order valence-electron chi connectivity index (χ2n) is 6.45. The summed E-state index contributed by atoms with van der Waals surface area (Å²) in [5.41, 5.74) is 0. The topological polar surface area (TPSA) is 49.9 Å². The van der Waals surface area contributed by atoms with Gasteiger partial charge in [0.15, 0.2) is 11.6 Å². The first-order valence-corrected chi connectivity index (χ1v) is 7.95. The molecule has 0 aromatic heterocycles. The van der Waals surface area contributed by atoms with Crippen LogP contribution in [0.1, 0.15) is 20.3 Å². The molecule has 1 atom stereocenters. The summed E-state index contributed by atoms with van der Waals surface area (Å²) >= 11 is 0. The third kappa shape index (κ3) is 3.16. The number of benzene rings is 1. The van der Waals surface area contributed by atoms with Crippen LogP contribution in [0.4, 0.5) is 4.39 Å². The Hall–Kier alpha value is -2.11. The van der Waals surface area contributed by atoms with Crippen LogP contribution in [0.3, 0.4) is 0 Å². The lowest BCUT2D eigenvalue weighted by atomic mass is 10.0. The summed E-state index contributed by atoms with van der Waals surface area (Å²) in [4.78, 5) is 27.7. The highest BCUT2D eigenvalue weighted by atomic mass is 19.1. The zero-order valence-electron chi connectivity index (χ0n) is 13.4. The van der Waals surface area contributed by atoms with Crippen LogP contribution in [-0.4, -0.2) is 53.4 Å². The molecule has 0 radical (unpaired) electrons. The third-order valence-electron chi connectivity index (χ3n) is 4.42. The molecule has 1 aromatic carbocycles. The smallest absolute Gasteiger partial charge is 0.228 e. The molecule has 0 aliphatic carbocycles. The van der Waals surface area contributed by atoms with E-state index in [-0.39, 0.29) is 42.0 Å². The number of para-hydroxylation sites is 1. The van der Waals surface area contributed by atoms with Gasteiger partial charge in [0.05, 0.1) is 19.0 Å². The fourth-order valence-corrected chi connectivity index (χ4v) is 3.07. The maximum Gasteiger partial charge on any atom is 0.228 e. The molecule has 6 heteroatoms. The van der Waals surface area contributed by atoms with Crippen molar-refractivity contribution >= 4 is 11.8 Å². The normalized spacial score (nSPS) is 21.7. The fraction of sp³-hybridized carbons (Fsp3) is 0.529. The molecule has 0 unspecified atom stereocenters. The lowest BCUT2D eigenvalue weighted by Gasteiger charge is -2.40. The van der Waals surface area contributed by atoms with Gasteiger partial charge in [0, 0.05) is 19.0 Å². The van der Waals surface area contributed by atoms with Crippen molar-refractivity contribution in [1.82, 2.24) is 9.80 Å². The maximum atomic E-state index is 13.5. The van der Waals surface area contributed by atoms with E-state index < -0.39 is 5.82 Å². The number of likely N-dealkylation sites (tertiary alicyclic amines) is 2. The van der Waals surface area contributed by atoms with E-state index in [0.717, 1.165) is 0 Å². The predicted molar refractivity (Wildman–Crippen MR) is 82.4 cm³/mol. The number of carbonyl (C=O) groups excluding carboxylic acids is 2. The van der Waals surface area contributed by atoms with Gasteiger partial charge in [0.1, 0.15) is 6.10 Å². The lowest BCUT2D eigenvalue weighted by molar-refractivity contribution is -0.144. The van der Waals surface area contributed by atoms with Crippen molar-refractivity contribution in [3.8, 4) is 5.75 Å². The number of rotatable bonds is 4. The van der Waals surface area contributed by atoms with E-state index >= 15 is 0 Å². The SMILES string of the molecule is CC(C)N1C[C@@H](C(=O)N2CC(Oc3ccccc3F)C2)CC1=O. The molecule has 23 heavy (non-hydrogen) atoms. The Bertz CT molecular complexity index is 614. The molecule has 2 aliphatic rings. The molecule has 1 aromatic rings. The zero-order valence-corrected chi connectivity index (χ0v) is 13.4. The molecule has 2 amide bonds. The Morgan fingerprint density at radius 1 is 1.26 bits per heavy atom. The minimum atomic E-state index is -0.397. The van der Waals surface area contributed by atoms with Crippen molar-refractivity contribution in [3.63, 3.8) is 0 Å². The number of nitrogens with zero attached hydrogens (tertiary/aromatic N) is 2. The molecular weight excluding hydrogens is 299 g/mol. The highest BCUT2D eigenvalue weighted by Gasteiger charge is 2.41. The van der Waals surface area contributed by atoms with Crippen LogP contribution in [0, 0.1) is 11.7 Å². The van der Waals surface area contributed by atoms with E-state index in [1.54, 1.807) is 28.0 Å². The van der Waals surface area contributed by atoms with Gasteiger partial charge in [-0.25, -0.2) is 4.39 Å². The zero-order chi connectivity index (χ0) is 16.6. The predicted octanol–water partition coefficient (Wildman–Crippen LogP) is 1.67. The maximum absolute atomic E-state index is 13.5. The van der Waals surface area contributed by atoms with Gasteiger partial charge < -0.3 is 14.5 Å². The average Bonchev–Trinajstić information content (AvgIpc) is 2.86. The second-order valence-corrected chi connectivity index (χ2v) is 6.45. The van der Waals surface area contributed by atoms with E-state index in [9.17, 15) is 14.0 Å². The highest BCUT2D eigenvalue weighted by Crippen LogP contribution is 2.26. The van der Waals surface area contributed by atoms with Crippen LogP contribution in [0.15, 0.2) is 24.3 Å². The van der Waals surface area contributed by atoms with Gasteiger partial charge in [0.2, 0.25) is 11.8 Å². The molecule has 0 N–H and O–H groups in total. The van der Waals surface area contributed by atoms with Gasteiger partial charge in [0.25, 0.3) is 0 Å². The highest BCUT2D eigenvalue weighted by molar-refractivity contribution is 5.89. The van der Waals surface area contributed by atoms with Crippen molar-refractivity contribution in [1.29, 1.82) is 0 Å². The Morgan fingerprint density at radius 2 is 1.96 bits per heavy atom. The van der Waals surface area contributed by atoms with Crippen LogP contribution in [0.25, 0.3) is 0 Å². The minimum Gasteiger partial charge on any atom is -0.484 e. The van der Waals surface area contributed by atoms with Crippen molar-refractivity contribution in [2.24, 2.45) is 5.92 Å². The summed E-state index contributed by atoms with van der Waals surface area (Å²) in [6.45, 7) is 5.28. The number of carbonyl (C=O) groups is 2. The van der Waals surface area contributed by atoms with Crippen LogP contribution in [0.5, 0.6) is 5.75 Å². The van der Waals surface area contributed by atoms with Crippen LogP contribution < -0.4 is 4.74 Å². The molecule has 2 saturated heterocycles. The van der Waals surface area contributed by atoms with Crippen molar-refractivity contribution < 1.29 is 18.7 Å². The summed E-state index contributed by atoms with van der Waals surface area (Å²) in [5, 5.41) is 0. The molecule has 2 aliphatic heterocycles. The Kier molecular flexibility index (Phi) is 4.24. The number of hydrogen-bond acceptors (Lipinski definition) is 3. The Morgan fingerprint density at radius 3 is 2.57 bits per heavy atom. The molecule has 3 rings (SSSR count). The first kappa shape index (κ1) is 15.8. The van der Waals surface area contributed by atoms with Crippen molar-refractivity contribution in [2.45, 2.75) is 32.4 Å². The second kappa shape index (κ2) is 6.18. The number of amides is 2. The first-order valence-electron chi connectivity index (χ1n) is 7.95. The quantitative estimate of drug-likeness (QED) is 0.848. The van der Waals surface area contributed by atoms with E-state index in [0.29, 0.717) is 19.6 Å². The molecule has 2 heterocycles. The summed E-state index contributed by atoms with van der Waals surface area (Å²) in [7, 11) is 0. The standard InChI is InChI=1S/C17H21FN2O3/c1-11(2)20-8-12(7-16(20)21)17(22)19-9-13(10-19)23-15-6-4-3-5-14(15)18/h3-6,11-13H,7-10H2,1-2H3/t12-/m0/s1. The Balaban J connectivity index is 1.51. The molecule has 5 nitrogen and oxygen atoms in total. The van der Waals surface area contributed by atoms with Crippen molar-refractivity contribution in [3.05, 3.63) is 30.1 Å². The number of hydrogen-bond donors (Lipinski definition) is 0. The Labute approximate surface area is 135 Å². The van der Waals surface area contributed by atoms with E-state index in [1.807, 2.05) is 13.8 Å². The summed E-state index contributed by atoms with van der Waals surface area (Å²) in [5.74, 6) is -0.412. The van der Waals surface area contributed by atoms with E-state index in [2.05, 4.69) is 0 Å². The average molecular weight is 320 g/mol. The van der Waals surface area contributed by atoms with Crippen LogP contribution in [-0.2, 0) is 9.59 Å². The summed E-state index contributed by atoms with van der Waals surface area (Å²) < 4.78 is 19.1. The molecule has 124 valence electrons. The monoisotopic (exact) mass is 320 g/mol. The minimum absolute atomic E-state index is 0.00474. The van der Waals surface area contributed by atoms with Gasteiger partial charge in [-0.2, -0.15) is 0 Å². The van der Waals surface area contributed by atoms with E-state index in [1.165, 1.54) is 6.07 Å². The number of ether oxygens (including phenoxy) is 1. The van der Waals surface area contributed by atoms with Crippen LogP contribution in [0.2, 0.25) is 0 Å². The van der Waals surface area contributed by atoms with Gasteiger partial charge in [-0.15, -0.1) is 0 Å². The summed E-state index contributed by atoms with van der Waals surface area (Å²) in [6.07, 6.45) is 0.0981. The molecule has 2 fully saturated rings. The number of halogens is 1. The third-order valence-corrected chi connectivity index (χ3v) is 4.42. The van der Waals surface area contributed by atoms with Gasteiger partial charge in [-0.3, -0.25) is 9.59 Å². The fourth-order valence-electron chi connectivity index (χ4n) is 3.07. The largest absolute Gasteiger partial charge is 0.484 e.